The molecular formula is C35H44N3O2S+. The molecule has 216 valence electrons. The fraction of sp³-hybridized carbons (Fsp3) is 0.400. The Morgan fingerprint density at radius 2 is 1.78 bits per heavy atom. The summed E-state index contributed by atoms with van der Waals surface area (Å²) in [7, 11) is 1.68. The van der Waals surface area contributed by atoms with Gasteiger partial charge in [0.1, 0.15) is 6.54 Å². The zero-order valence-electron chi connectivity index (χ0n) is 25.6. The summed E-state index contributed by atoms with van der Waals surface area (Å²) in [4.78, 5) is 8.36. The first-order valence-electron chi connectivity index (χ1n) is 14.9. The number of benzene rings is 3. The minimum Gasteiger partial charge on any atom is -0.344 e. The van der Waals surface area contributed by atoms with E-state index in [9.17, 15) is 0 Å². The first kappa shape index (κ1) is 29.6. The highest BCUT2D eigenvalue weighted by atomic mass is 32.2. The molecule has 3 aromatic carbocycles. The van der Waals surface area contributed by atoms with Gasteiger partial charge in [0, 0.05) is 59.4 Å². The van der Waals surface area contributed by atoms with Crippen LogP contribution in [-0.2, 0) is 20.2 Å². The van der Waals surface area contributed by atoms with Crippen LogP contribution in [0, 0.1) is 0 Å². The third-order valence-corrected chi connectivity index (χ3v) is 9.14. The number of hydrogen-bond donors (Lipinski definition) is 1. The predicted molar refractivity (Wildman–Crippen MR) is 173 cm³/mol. The molecule has 0 radical (unpaired) electrons. The van der Waals surface area contributed by atoms with E-state index in [1.165, 1.54) is 63.1 Å². The third-order valence-electron chi connectivity index (χ3n) is 8.56. The highest BCUT2D eigenvalue weighted by Crippen LogP contribution is 2.49. The van der Waals surface area contributed by atoms with Gasteiger partial charge in [-0.2, -0.15) is 10.1 Å². The number of fused-ring (bicyclic) bond motifs is 4. The van der Waals surface area contributed by atoms with E-state index in [4.69, 9.17) is 9.32 Å². The Labute approximate surface area is 250 Å². The smallest absolute Gasteiger partial charge is 0.210 e. The van der Waals surface area contributed by atoms with Crippen LogP contribution in [0.15, 0.2) is 83.4 Å². The molecule has 5 rings (SSSR count). The molecule has 0 saturated carbocycles. The topological polar surface area (TPSA) is 36.7 Å². The van der Waals surface area contributed by atoms with Gasteiger partial charge in [-0.1, -0.05) is 64.5 Å². The van der Waals surface area contributed by atoms with Crippen LogP contribution in [0.25, 0.3) is 10.8 Å². The highest BCUT2D eigenvalue weighted by Gasteiger charge is 2.45. The molecule has 0 aromatic heterocycles. The molecule has 2 aliphatic rings. The molecule has 0 saturated heterocycles. The number of nitrogens with zero attached hydrogens (tertiary/aromatic N) is 2. The minimum atomic E-state index is -0.147. The molecular weight excluding hydrogens is 526 g/mol. The van der Waals surface area contributed by atoms with Crippen molar-refractivity contribution in [1.29, 1.82) is 0 Å². The first-order chi connectivity index (χ1) is 19.7. The van der Waals surface area contributed by atoms with E-state index in [1.807, 2.05) is 0 Å². The second-order valence-electron chi connectivity index (χ2n) is 12.0. The molecule has 0 spiro atoms. The fourth-order valence-corrected chi connectivity index (χ4v) is 7.05. The van der Waals surface area contributed by atoms with Crippen molar-refractivity contribution < 1.29 is 13.9 Å². The number of allylic oxidation sites excluding steroid dienone is 4. The maximum atomic E-state index is 5.19. The van der Waals surface area contributed by atoms with Crippen LogP contribution in [0.3, 0.4) is 0 Å². The summed E-state index contributed by atoms with van der Waals surface area (Å²) in [5.74, 6) is 0. The van der Waals surface area contributed by atoms with Gasteiger partial charge in [-0.15, -0.1) is 9.32 Å². The van der Waals surface area contributed by atoms with E-state index in [2.05, 4.69) is 129 Å². The Balaban J connectivity index is 1.54. The summed E-state index contributed by atoms with van der Waals surface area (Å²) in [6, 6.07) is 20.0. The normalized spacial score (nSPS) is 18.2. The molecule has 0 unspecified atom stereocenters. The Morgan fingerprint density at radius 1 is 0.976 bits per heavy atom. The lowest BCUT2D eigenvalue weighted by molar-refractivity contribution is -0.438. The summed E-state index contributed by atoms with van der Waals surface area (Å²) in [6.07, 6.45) is 10.4. The Kier molecular flexibility index (Phi) is 8.76. The van der Waals surface area contributed by atoms with Crippen LogP contribution in [0.2, 0.25) is 0 Å². The van der Waals surface area contributed by atoms with E-state index in [1.54, 1.807) is 7.05 Å². The van der Waals surface area contributed by atoms with Crippen molar-refractivity contribution in [2.45, 2.75) is 76.5 Å². The van der Waals surface area contributed by atoms with Gasteiger partial charge in [0.05, 0.1) is 17.5 Å². The lowest BCUT2D eigenvalue weighted by Gasteiger charge is -2.26. The van der Waals surface area contributed by atoms with Crippen LogP contribution >= 0.6 is 12.0 Å². The summed E-state index contributed by atoms with van der Waals surface area (Å²) >= 11 is 1.22. The van der Waals surface area contributed by atoms with Crippen molar-refractivity contribution in [2.75, 3.05) is 25.0 Å². The number of anilines is 1. The van der Waals surface area contributed by atoms with Crippen LogP contribution < -0.4 is 10.4 Å². The van der Waals surface area contributed by atoms with Crippen LogP contribution in [-0.4, -0.2) is 30.4 Å². The Hall–Kier alpha value is -2.90. The molecule has 0 fully saturated rings. The second kappa shape index (κ2) is 12.1. The number of nitrogens with one attached hydrogen (secondary N) is 1. The molecule has 5 nitrogen and oxygen atoms in total. The number of unbranched alkanes of at least 4 members (excludes halogenated alkanes) is 1. The molecule has 6 heteroatoms. The quantitative estimate of drug-likeness (QED) is 0.0820. The number of hydrogen-bond acceptors (Lipinski definition) is 5. The van der Waals surface area contributed by atoms with Crippen LogP contribution in [0.4, 0.5) is 11.4 Å². The average Bonchev–Trinajstić information content (AvgIpc) is 3.31. The lowest BCUT2D eigenvalue weighted by Crippen LogP contribution is -2.28. The SMILES string of the molecule is CCCC[N+]1=C(/C=C/C=C2\N(CCC)c3ccc(SOONC)cc3C2(C)C)C(C)(C)c2c1ccc1ccccc21. The van der Waals surface area contributed by atoms with Gasteiger partial charge >= 0.3 is 0 Å². The van der Waals surface area contributed by atoms with Crippen molar-refractivity contribution in [1.82, 2.24) is 5.48 Å². The first-order valence-corrected chi connectivity index (χ1v) is 15.6. The van der Waals surface area contributed by atoms with E-state index in [0.29, 0.717) is 0 Å². The maximum absolute atomic E-state index is 5.19. The molecule has 0 atom stereocenters. The molecule has 2 aliphatic heterocycles. The lowest BCUT2D eigenvalue weighted by atomic mass is 9.79. The van der Waals surface area contributed by atoms with Crippen LogP contribution in [0.1, 0.15) is 71.9 Å². The molecule has 0 aliphatic carbocycles. The monoisotopic (exact) mass is 570 g/mol. The Bertz CT molecular complexity index is 1520. The van der Waals surface area contributed by atoms with Crippen LogP contribution in [0.5, 0.6) is 0 Å². The van der Waals surface area contributed by atoms with Crippen molar-refractivity contribution in [3.63, 3.8) is 0 Å². The van der Waals surface area contributed by atoms with Crippen molar-refractivity contribution in [3.8, 4) is 0 Å². The van der Waals surface area contributed by atoms with E-state index < -0.39 is 0 Å². The summed E-state index contributed by atoms with van der Waals surface area (Å²) in [6.45, 7) is 15.9. The van der Waals surface area contributed by atoms with Crippen molar-refractivity contribution >= 4 is 39.9 Å². The third kappa shape index (κ3) is 5.39. The van der Waals surface area contributed by atoms with E-state index >= 15 is 0 Å². The number of hydroxylamine groups is 1. The standard InChI is InChI=1S/C35H44N3O2S/c1-8-10-23-38-30-20-18-25-14-11-12-15-27(25)33(30)35(5,6)32(38)17-13-16-31-34(3,4)28-24-26(41-40-39-36-7)19-21-29(28)37(31)22-9-2/h11-21,24,36H,8-10,22-23H2,1-7H3/q+1. The summed E-state index contributed by atoms with van der Waals surface area (Å²) in [5, 5.41) is 2.67. The maximum Gasteiger partial charge on any atom is 0.210 e. The molecule has 1 N–H and O–H groups in total. The summed E-state index contributed by atoms with van der Waals surface area (Å²) in [5.41, 5.74) is 10.4. The van der Waals surface area contributed by atoms with E-state index in [0.717, 1.165) is 30.8 Å². The molecule has 41 heavy (non-hydrogen) atoms. The minimum absolute atomic E-state index is 0.0995. The van der Waals surface area contributed by atoms with Gasteiger partial charge in [0.2, 0.25) is 5.69 Å². The average molecular weight is 571 g/mol. The second-order valence-corrected chi connectivity index (χ2v) is 12.8. The molecule has 0 amide bonds. The zero-order valence-corrected chi connectivity index (χ0v) is 26.4. The molecule has 3 aromatic rings. The fourth-order valence-electron chi connectivity index (χ4n) is 6.58. The van der Waals surface area contributed by atoms with Gasteiger partial charge in [0.25, 0.3) is 0 Å². The van der Waals surface area contributed by atoms with Gasteiger partial charge in [-0.25, -0.2) is 0 Å². The van der Waals surface area contributed by atoms with Gasteiger partial charge < -0.3 is 4.90 Å². The predicted octanol–water partition coefficient (Wildman–Crippen LogP) is 8.75. The van der Waals surface area contributed by atoms with Gasteiger partial charge in [-0.05, 0) is 66.9 Å². The largest absolute Gasteiger partial charge is 0.344 e. The molecule has 2 heterocycles. The summed E-state index contributed by atoms with van der Waals surface area (Å²) < 4.78 is 7.75. The van der Waals surface area contributed by atoms with Crippen molar-refractivity contribution in [3.05, 3.63) is 89.6 Å². The number of rotatable bonds is 11. The van der Waals surface area contributed by atoms with Crippen molar-refractivity contribution in [2.24, 2.45) is 0 Å². The van der Waals surface area contributed by atoms with Gasteiger partial charge in [-0.3, -0.25) is 0 Å². The zero-order chi connectivity index (χ0) is 29.2. The van der Waals surface area contributed by atoms with Gasteiger partial charge in [0.15, 0.2) is 5.71 Å². The molecule has 0 bridgehead atoms. The Morgan fingerprint density at radius 3 is 2.54 bits per heavy atom. The van der Waals surface area contributed by atoms with E-state index in [-0.39, 0.29) is 10.8 Å². The highest BCUT2D eigenvalue weighted by molar-refractivity contribution is 7.94.